The number of hydrogen-bond donors (Lipinski definition) is 3. The van der Waals surface area contributed by atoms with Gasteiger partial charge in [0.15, 0.2) is 0 Å². The van der Waals surface area contributed by atoms with Crippen molar-refractivity contribution in [2.24, 2.45) is 0 Å². The second kappa shape index (κ2) is 42.5. The summed E-state index contributed by atoms with van der Waals surface area (Å²) in [7, 11) is 0. The number of allylic oxidation sites excluding steroid dienone is 4. The molecular formula is C48H91NO5. The van der Waals surface area contributed by atoms with E-state index in [-0.39, 0.29) is 24.9 Å². The fraction of sp³-hybridized carbons (Fsp3) is 0.875. The maximum absolute atomic E-state index is 13.1. The standard InChI is InChI=1S/C48H91NO5/c1-4-7-10-13-16-18-20-21-22-23-24-25-27-29-32-35-38-41-48(53)54-44(39-36-33-30-15-12-9-6-3)42-47(52)49-45(43-50)46(51)40-37-34-31-28-26-19-17-14-11-8-5-2/h16,18,21-22,44-46,50-51H,4-15,17,19-20,23-43H2,1-3H3,(H,49,52)/b18-16-,22-21-. The average Bonchev–Trinajstić information content (AvgIpc) is 3.16. The molecule has 0 heterocycles. The first-order valence-corrected chi connectivity index (χ1v) is 23.6. The molecular weight excluding hydrogens is 671 g/mol. The van der Waals surface area contributed by atoms with Crippen LogP contribution in [0, 0.1) is 0 Å². The van der Waals surface area contributed by atoms with Gasteiger partial charge in [-0.15, -0.1) is 0 Å². The number of nitrogens with one attached hydrogen (secondary N) is 1. The Bertz CT molecular complexity index is 858. The van der Waals surface area contributed by atoms with E-state index in [1.54, 1.807) is 0 Å². The largest absolute Gasteiger partial charge is 0.462 e. The van der Waals surface area contributed by atoms with E-state index in [4.69, 9.17) is 4.74 Å². The molecule has 6 nitrogen and oxygen atoms in total. The van der Waals surface area contributed by atoms with E-state index in [2.05, 4.69) is 50.4 Å². The van der Waals surface area contributed by atoms with E-state index in [0.717, 1.165) is 64.2 Å². The third-order valence-corrected chi connectivity index (χ3v) is 10.8. The van der Waals surface area contributed by atoms with Crippen LogP contribution in [-0.2, 0) is 14.3 Å². The van der Waals surface area contributed by atoms with Crippen LogP contribution in [-0.4, -0.2) is 46.9 Å². The molecule has 54 heavy (non-hydrogen) atoms. The van der Waals surface area contributed by atoms with Crippen molar-refractivity contribution in [3.05, 3.63) is 24.3 Å². The number of aliphatic hydroxyl groups excluding tert-OH is 2. The zero-order valence-electron chi connectivity index (χ0n) is 36.1. The van der Waals surface area contributed by atoms with E-state index >= 15 is 0 Å². The van der Waals surface area contributed by atoms with Gasteiger partial charge in [0.2, 0.25) is 5.91 Å². The van der Waals surface area contributed by atoms with Crippen LogP contribution in [0.1, 0.15) is 245 Å². The van der Waals surface area contributed by atoms with Crippen molar-refractivity contribution < 1.29 is 24.5 Å². The first-order chi connectivity index (χ1) is 26.5. The van der Waals surface area contributed by atoms with Crippen molar-refractivity contribution >= 4 is 11.9 Å². The number of carbonyl (C=O) groups is 2. The molecule has 0 saturated heterocycles. The van der Waals surface area contributed by atoms with Crippen LogP contribution in [0.4, 0.5) is 0 Å². The number of esters is 1. The Hall–Kier alpha value is -1.66. The highest BCUT2D eigenvalue weighted by Gasteiger charge is 2.24. The Morgan fingerprint density at radius 2 is 0.944 bits per heavy atom. The zero-order chi connectivity index (χ0) is 39.6. The minimum absolute atomic E-state index is 0.0776. The highest BCUT2D eigenvalue weighted by molar-refractivity contribution is 5.77. The molecule has 0 aromatic heterocycles. The lowest BCUT2D eigenvalue weighted by Crippen LogP contribution is -2.46. The average molecular weight is 762 g/mol. The molecule has 0 aliphatic heterocycles. The molecule has 0 radical (unpaired) electrons. The van der Waals surface area contributed by atoms with Crippen LogP contribution >= 0.6 is 0 Å². The van der Waals surface area contributed by atoms with Gasteiger partial charge in [0, 0.05) is 6.42 Å². The molecule has 0 fully saturated rings. The molecule has 6 heteroatoms. The molecule has 318 valence electrons. The van der Waals surface area contributed by atoms with E-state index in [0.29, 0.717) is 19.3 Å². The number of rotatable bonds is 42. The fourth-order valence-electron chi connectivity index (χ4n) is 7.17. The Balaban J connectivity index is 4.40. The van der Waals surface area contributed by atoms with Gasteiger partial charge in [0.1, 0.15) is 6.10 Å². The quantitative estimate of drug-likeness (QED) is 0.0327. The summed E-state index contributed by atoms with van der Waals surface area (Å²) in [6.07, 6.45) is 46.7. The topological polar surface area (TPSA) is 95.9 Å². The Morgan fingerprint density at radius 3 is 1.44 bits per heavy atom. The molecule has 0 aromatic carbocycles. The highest BCUT2D eigenvalue weighted by atomic mass is 16.5. The van der Waals surface area contributed by atoms with Crippen LogP contribution < -0.4 is 5.32 Å². The van der Waals surface area contributed by atoms with Gasteiger partial charge < -0.3 is 20.3 Å². The third-order valence-electron chi connectivity index (χ3n) is 10.8. The molecule has 0 spiro atoms. The predicted octanol–water partition coefficient (Wildman–Crippen LogP) is 13.6. The minimum atomic E-state index is -0.782. The van der Waals surface area contributed by atoms with Gasteiger partial charge >= 0.3 is 5.97 Å². The van der Waals surface area contributed by atoms with Crippen LogP contribution in [0.3, 0.4) is 0 Å². The monoisotopic (exact) mass is 762 g/mol. The Morgan fingerprint density at radius 1 is 0.537 bits per heavy atom. The Kier molecular flexibility index (Phi) is 41.2. The second-order valence-corrected chi connectivity index (χ2v) is 16.2. The van der Waals surface area contributed by atoms with Crippen molar-refractivity contribution in [3.63, 3.8) is 0 Å². The molecule has 3 N–H and O–H groups in total. The number of aliphatic hydroxyl groups is 2. The Labute approximate surface area is 335 Å². The summed E-state index contributed by atoms with van der Waals surface area (Å²) in [5, 5.41) is 23.6. The lowest BCUT2D eigenvalue weighted by molar-refractivity contribution is -0.151. The van der Waals surface area contributed by atoms with E-state index in [1.807, 2.05) is 0 Å². The van der Waals surface area contributed by atoms with Crippen LogP contribution in [0.5, 0.6) is 0 Å². The summed E-state index contributed by atoms with van der Waals surface area (Å²) in [4.78, 5) is 25.9. The minimum Gasteiger partial charge on any atom is -0.462 e. The normalized spacial score (nSPS) is 13.5. The zero-order valence-corrected chi connectivity index (χ0v) is 36.1. The summed E-state index contributed by atoms with van der Waals surface area (Å²) in [6.45, 7) is 6.42. The molecule has 0 rings (SSSR count). The van der Waals surface area contributed by atoms with Gasteiger partial charge in [0.05, 0.1) is 25.2 Å². The van der Waals surface area contributed by atoms with Crippen molar-refractivity contribution in [3.8, 4) is 0 Å². The maximum atomic E-state index is 13.1. The van der Waals surface area contributed by atoms with Gasteiger partial charge in [-0.2, -0.15) is 0 Å². The van der Waals surface area contributed by atoms with Crippen LogP contribution in [0.2, 0.25) is 0 Å². The van der Waals surface area contributed by atoms with Crippen LogP contribution in [0.15, 0.2) is 24.3 Å². The van der Waals surface area contributed by atoms with E-state index < -0.39 is 18.2 Å². The highest BCUT2D eigenvalue weighted by Crippen LogP contribution is 2.17. The molecule has 0 aliphatic rings. The lowest BCUT2D eigenvalue weighted by Gasteiger charge is -2.24. The summed E-state index contributed by atoms with van der Waals surface area (Å²) in [5.41, 5.74) is 0. The van der Waals surface area contributed by atoms with E-state index in [9.17, 15) is 19.8 Å². The molecule has 3 atom stereocenters. The van der Waals surface area contributed by atoms with Gasteiger partial charge in [-0.1, -0.05) is 199 Å². The lowest BCUT2D eigenvalue weighted by atomic mass is 10.0. The molecule has 0 saturated carbocycles. The van der Waals surface area contributed by atoms with Crippen LogP contribution in [0.25, 0.3) is 0 Å². The third kappa shape index (κ3) is 37.3. The van der Waals surface area contributed by atoms with Crippen molar-refractivity contribution in [2.75, 3.05) is 6.61 Å². The summed E-state index contributed by atoms with van der Waals surface area (Å²) in [6, 6.07) is -0.695. The molecule has 0 aromatic rings. The molecule has 0 bridgehead atoms. The number of ether oxygens (including phenoxy) is 1. The number of unbranched alkanes of at least 4 members (excludes halogenated alkanes) is 26. The predicted molar refractivity (Wildman–Crippen MR) is 232 cm³/mol. The van der Waals surface area contributed by atoms with Gasteiger partial charge in [0.25, 0.3) is 0 Å². The number of hydrogen-bond acceptors (Lipinski definition) is 5. The summed E-state index contributed by atoms with van der Waals surface area (Å²) >= 11 is 0. The van der Waals surface area contributed by atoms with Crippen molar-refractivity contribution in [2.45, 2.75) is 264 Å². The van der Waals surface area contributed by atoms with Gasteiger partial charge in [-0.25, -0.2) is 0 Å². The summed E-state index contributed by atoms with van der Waals surface area (Å²) in [5.74, 6) is -0.480. The maximum Gasteiger partial charge on any atom is 0.306 e. The molecule has 0 aliphatic carbocycles. The second-order valence-electron chi connectivity index (χ2n) is 16.2. The SMILES string of the molecule is CCCCC/C=C\C/C=C\CCCCCCCCCC(=O)OC(CCCCCCCCC)CC(=O)NC(CO)C(O)CCCCCCCCCCCCC. The first kappa shape index (κ1) is 52.3. The smallest absolute Gasteiger partial charge is 0.306 e. The fourth-order valence-corrected chi connectivity index (χ4v) is 7.17. The summed E-state index contributed by atoms with van der Waals surface area (Å²) < 4.78 is 5.88. The van der Waals surface area contributed by atoms with E-state index in [1.165, 1.54) is 135 Å². The molecule has 1 amide bonds. The number of amides is 1. The number of carbonyl (C=O) groups excluding carboxylic acids is 2. The van der Waals surface area contributed by atoms with Gasteiger partial charge in [-0.05, 0) is 57.8 Å². The van der Waals surface area contributed by atoms with Gasteiger partial charge in [-0.3, -0.25) is 9.59 Å². The van der Waals surface area contributed by atoms with Crippen molar-refractivity contribution in [1.82, 2.24) is 5.32 Å². The van der Waals surface area contributed by atoms with Crippen molar-refractivity contribution in [1.29, 1.82) is 0 Å². The molecule has 3 unspecified atom stereocenters. The first-order valence-electron chi connectivity index (χ1n) is 23.6.